The van der Waals surface area contributed by atoms with Gasteiger partial charge in [0.15, 0.2) is 0 Å². The van der Waals surface area contributed by atoms with Gasteiger partial charge >= 0.3 is 5.97 Å². The highest BCUT2D eigenvalue weighted by atomic mass is 16.5. The third kappa shape index (κ3) is 2.35. The molecule has 0 aromatic carbocycles. The highest BCUT2D eigenvalue weighted by Gasteiger charge is 2.19. The van der Waals surface area contributed by atoms with Gasteiger partial charge in [-0.3, -0.25) is 4.79 Å². The molecule has 4 nitrogen and oxygen atoms in total. The maximum absolute atomic E-state index is 11.1. The molecule has 1 atom stereocenters. The highest BCUT2D eigenvalue weighted by Crippen LogP contribution is 2.23. The lowest BCUT2D eigenvalue weighted by molar-refractivity contribution is -0.141. The summed E-state index contributed by atoms with van der Waals surface area (Å²) in [6.45, 7) is 2.31. The summed E-state index contributed by atoms with van der Waals surface area (Å²) in [6.07, 6.45) is 1.87. The van der Waals surface area contributed by atoms with Crippen LogP contribution in [0.3, 0.4) is 0 Å². The van der Waals surface area contributed by atoms with Crippen LogP contribution in [0.1, 0.15) is 23.7 Å². The van der Waals surface area contributed by atoms with Crippen molar-refractivity contribution in [2.24, 2.45) is 5.73 Å². The lowest BCUT2D eigenvalue weighted by Crippen LogP contribution is -2.17. The van der Waals surface area contributed by atoms with Crippen LogP contribution >= 0.6 is 0 Å². The molecule has 1 rings (SSSR count). The van der Waals surface area contributed by atoms with Gasteiger partial charge < -0.3 is 14.9 Å². The van der Waals surface area contributed by atoms with E-state index in [1.54, 1.807) is 6.26 Å². The van der Waals surface area contributed by atoms with E-state index in [0.29, 0.717) is 6.54 Å². The van der Waals surface area contributed by atoms with Crippen LogP contribution in [0, 0.1) is 6.92 Å². The molecule has 1 aromatic rings. The number of rotatable bonds is 4. The first-order valence-corrected chi connectivity index (χ1v) is 4.50. The second-order valence-corrected chi connectivity index (χ2v) is 3.18. The number of methoxy groups -OCH3 is 1. The van der Waals surface area contributed by atoms with Crippen molar-refractivity contribution in [2.45, 2.75) is 19.3 Å². The Bertz CT molecular complexity index is 306. The van der Waals surface area contributed by atoms with Crippen LogP contribution in [0.5, 0.6) is 0 Å². The van der Waals surface area contributed by atoms with Gasteiger partial charge in [0, 0.05) is 12.5 Å². The van der Waals surface area contributed by atoms with E-state index in [9.17, 15) is 4.79 Å². The molecule has 4 heteroatoms. The summed E-state index contributed by atoms with van der Waals surface area (Å²) < 4.78 is 9.86. The summed E-state index contributed by atoms with van der Waals surface area (Å²) in [5.74, 6) is 0.423. The second kappa shape index (κ2) is 4.81. The maximum Gasteiger partial charge on any atom is 0.306 e. The molecule has 14 heavy (non-hydrogen) atoms. The summed E-state index contributed by atoms with van der Waals surface area (Å²) in [6, 6.07) is 1.86. The zero-order chi connectivity index (χ0) is 10.6. The fourth-order valence-electron chi connectivity index (χ4n) is 1.37. The van der Waals surface area contributed by atoms with Crippen molar-refractivity contribution < 1.29 is 13.9 Å². The quantitative estimate of drug-likeness (QED) is 0.736. The summed E-state index contributed by atoms with van der Waals surface area (Å²) in [4.78, 5) is 11.1. The molecule has 0 aliphatic carbocycles. The van der Waals surface area contributed by atoms with Crippen molar-refractivity contribution in [1.82, 2.24) is 0 Å². The van der Waals surface area contributed by atoms with E-state index in [2.05, 4.69) is 4.74 Å². The lowest BCUT2D eigenvalue weighted by Gasteiger charge is -2.11. The minimum Gasteiger partial charge on any atom is -0.469 e. The molecule has 0 saturated carbocycles. The smallest absolute Gasteiger partial charge is 0.306 e. The number of carbonyl (C=O) groups is 1. The molecule has 78 valence electrons. The average Bonchev–Trinajstić information content (AvgIpc) is 2.60. The normalized spacial score (nSPS) is 12.5. The van der Waals surface area contributed by atoms with Crippen molar-refractivity contribution in [3.63, 3.8) is 0 Å². The van der Waals surface area contributed by atoms with Crippen molar-refractivity contribution in [3.8, 4) is 0 Å². The van der Waals surface area contributed by atoms with Crippen LogP contribution in [0.25, 0.3) is 0 Å². The fraction of sp³-hybridized carbons (Fsp3) is 0.500. The van der Waals surface area contributed by atoms with Crippen LogP contribution in [0.2, 0.25) is 0 Å². The number of furan rings is 1. The molecule has 0 fully saturated rings. The summed E-state index contributed by atoms with van der Waals surface area (Å²) >= 11 is 0. The molecule has 2 N–H and O–H groups in total. The molecule has 0 aliphatic heterocycles. The molecule has 0 radical (unpaired) electrons. The first-order valence-electron chi connectivity index (χ1n) is 4.50. The van der Waals surface area contributed by atoms with Crippen molar-refractivity contribution in [2.75, 3.05) is 13.7 Å². The van der Waals surface area contributed by atoms with Crippen LogP contribution in [0.15, 0.2) is 16.7 Å². The first-order chi connectivity index (χ1) is 6.69. The zero-order valence-electron chi connectivity index (χ0n) is 8.45. The first kappa shape index (κ1) is 10.8. The minimum atomic E-state index is -0.267. The molecular formula is C10H15NO3. The molecule has 1 aromatic heterocycles. The number of hydrogen-bond acceptors (Lipinski definition) is 4. The highest BCUT2D eigenvalue weighted by molar-refractivity contribution is 5.70. The number of hydrogen-bond donors (Lipinski definition) is 1. The zero-order valence-corrected chi connectivity index (χ0v) is 8.45. The number of esters is 1. The number of ether oxygens (including phenoxy) is 1. The van der Waals surface area contributed by atoms with Crippen LogP contribution in [0.4, 0.5) is 0 Å². The van der Waals surface area contributed by atoms with E-state index in [0.717, 1.165) is 11.3 Å². The summed E-state index contributed by atoms with van der Waals surface area (Å²) in [5.41, 5.74) is 6.59. The molecule has 0 amide bonds. The van der Waals surface area contributed by atoms with Crippen molar-refractivity contribution >= 4 is 5.97 Å². The van der Waals surface area contributed by atoms with E-state index in [1.807, 2.05) is 13.0 Å². The van der Waals surface area contributed by atoms with Gasteiger partial charge in [0.05, 0.1) is 19.8 Å². The minimum absolute atomic E-state index is 0.0857. The second-order valence-electron chi connectivity index (χ2n) is 3.18. The van der Waals surface area contributed by atoms with E-state index >= 15 is 0 Å². The van der Waals surface area contributed by atoms with Gasteiger partial charge in [-0.1, -0.05) is 0 Å². The van der Waals surface area contributed by atoms with Gasteiger partial charge in [-0.25, -0.2) is 0 Å². The monoisotopic (exact) mass is 197 g/mol. The van der Waals surface area contributed by atoms with Crippen molar-refractivity contribution in [1.29, 1.82) is 0 Å². The molecular weight excluding hydrogens is 182 g/mol. The lowest BCUT2D eigenvalue weighted by atomic mass is 10.00. The van der Waals surface area contributed by atoms with Gasteiger partial charge in [0.25, 0.3) is 0 Å². The Balaban J connectivity index is 2.72. The van der Waals surface area contributed by atoms with E-state index in [1.165, 1.54) is 7.11 Å². The van der Waals surface area contributed by atoms with Gasteiger partial charge in [0.1, 0.15) is 5.76 Å². The number of nitrogens with two attached hydrogens (primary N) is 1. The molecule has 1 heterocycles. The molecule has 0 spiro atoms. The van der Waals surface area contributed by atoms with E-state index < -0.39 is 0 Å². The predicted octanol–water partition coefficient (Wildman–Crippen LogP) is 1.19. The number of carbonyl (C=O) groups excluding carboxylic acids is 1. The average molecular weight is 197 g/mol. The van der Waals surface area contributed by atoms with Crippen LogP contribution < -0.4 is 5.73 Å². The van der Waals surface area contributed by atoms with Crippen LogP contribution in [-0.2, 0) is 9.53 Å². The Hall–Kier alpha value is -1.29. The van der Waals surface area contributed by atoms with Crippen molar-refractivity contribution in [3.05, 3.63) is 23.7 Å². The molecule has 0 bridgehead atoms. The van der Waals surface area contributed by atoms with Gasteiger partial charge in [-0.15, -0.1) is 0 Å². The fourth-order valence-corrected chi connectivity index (χ4v) is 1.37. The molecule has 0 saturated heterocycles. The third-order valence-corrected chi connectivity index (χ3v) is 2.20. The topological polar surface area (TPSA) is 65.5 Å². The van der Waals surface area contributed by atoms with E-state index in [-0.39, 0.29) is 18.3 Å². The molecule has 0 aliphatic rings. The Morgan fingerprint density at radius 2 is 2.43 bits per heavy atom. The largest absolute Gasteiger partial charge is 0.469 e. The SMILES string of the molecule is COC(=O)CC(CN)c1occc1C. The summed E-state index contributed by atoms with van der Waals surface area (Å²) in [5, 5.41) is 0. The Morgan fingerprint density at radius 1 is 1.71 bits per heavy atom. The van der Waals surface area contributed by atoms with Gasteiger partial charge in [-0.05, 0) is 18.6 Å². The molecule has 1 unspecified atom stereocenters. The van der Waals surface area contributed by atoms with Gasteiger partial charge in [-0.2, -0.15) is 0 Å². The Morgan fingerprint density at radius 3 is 2.86 bits per heavy atom. The Kier molecular flexibility index (Phi) is 3.71. The Labute approximate surface area is 83.0 Å². The van der Waals surface area contributed by atoms with E-state index in [4.69, 9.17) is 10.2 Å². The summed E-state index contributed by atoms with van der Waals surface area (Å²) in [7, 11) is 1.37. The third-order valence-electron chi connectivity index (χ3n) is 2.20. The standard InChI is InChI=1S/C10H15NO3/c1-7-3-4-14-10(7)8(6-11)5-9(12)13-2/h3-4,8H,5-6,11H2,1-2H3. The van der Waals surface area contributed by atoms with Gasteiger partial charge in [0.2, 0.25) is 0 Å². The maximum atomic E-state index is 11.1. The predicted molar refractivity (Wildman–Crippen MR) is 51.9 cm³/mol. The number of aryl methyl sites for hydroxylation is 1. The van der Waals surface area contributed by atoms with Crippen LogP contribution in [-0.4, -0.2) is 19.6 Å².